The SMILES string of the molecule is COc1cccc(C(=O)NCCNC(N)=NCC(C)C)c1. The van der Waals surface area contributed by atoms with Crippen molar-refractivity contribution in [3.8, 4) is 5.75 Å². The zero-order valence-electron chi connectivity index (χ0n) is 12.8. The third-order valence-corrected chi connectivity index (χ3v) is 2.68. The maximum Gasteiger partial charge on any atom is 0.251 e. The van der Waals surface area contributed by atoms with Crippen LogP contribution in [0, 0.1) is 5.92 Å². The number of guanidine groups is 1. The summed E-state index contributed by atoms with van der Waals surface area (Å²) in [5, 5.41) is 5.76. The number of benzene rings is 1. The minimum absolute atomic E-state index is 0.145. The van der Waals surface area contributed by atoms with Crippen LogP contribution >= 0.6 is 0 Å². The molecule has 1 amide bonds. The first kappa shape index (κ1) is 16.8. The molecule has 0 aliphatic rings. The molecule has 21 heavy (non-hydrogen) atoms. The van der Waals surface area contributed by atoms with Crippen LogP contribution in [0.4, 0.5) is 0 Å². The molecule has 0 saturated carbocycles. The van der Waals surface area contributed by atoms with Crippen LogP contribution in [0.1, 0.15) is 24.2 Å². The van der Waals surface area contributed by atoms with Crippen LogP contribution in [-0.2, 0) is 0 Å². The van der Waals surface area contributed by atoms with Crippen LogP contribution in [0.3, 0.4) is 0 Å². The van der Waals surface area contributed by atoms with Gasteiger partial charge in [0, 0.05) is 25.2 Å². The lowest BCUT2D eigenvalue weighted by Gasteiger charge is -2.09. The van der Waals surface area contributed by atoms with E-state index >= 15 is 0 Å². The van der Waals surface area contributed by atoms with Crippen LogP contribution in [-0.4, -0.2) is 38.6 Å². The van der Waals surface area contributed by atoms with Crippen molar-refractivity contribution in [2.24, 2.45) is 16.6 Å². The lowest BCUT2D eigenvalue weighted by Crippen LogP contribution is -2.38. The number of amides is 1. The van der Waals surface area contributed by atoms with E-state index in [1.54, 1.807) is 31.4 Å². The van der Waals surface area contributed by atoms with E-state index in [1.165, 1.54) is 0 Å². The molecule has 0 spiro atoms. The molecule has 1 rings (SSSR count). The highest BCUT2D eigenvalue weighted by Gasteiger charge is 2.05. The fourth-order valence-electron chi connectivity index (χ4n) is 1.57. The lowest BCUT2D eigenvalue weighted by atomic mass is 10.2. The molecule has 116 valence electrons. The van der Waals surface area contributed by atoms with E-state index in [0.717, 1.165) is 0 Å². The number of nitrogens with one attached hydrogen (secondary N) is 2. The number of ether oxygens (including phenoxy) is 1. The molecule has 1 aromatic carbocycles. The smallest absolute Gasteiger partial charge is 0.251 e. The molecule has 0 aliphatic heterocycles. The average Bonchev–Trinajstić information content (AvgIpc) is 2.49. The van der Waals surface area contributed by atoms with Gasteiger partial charge in [-0.3, -0.25) is 9.79 Å². The van der Waals surface area contributed by atoms with Gasteiger partial charge in [0.15, 0.2) is 5.96 Å². The van der Waals surface area contributed by atoms with E-state index in [9.17, 15) is 4.79 Å². The lowest BCUT2D eigenvalue weighted by molar-refractivity contribution is 0.0954. The Morgan fingerprint density at radius 2 is 2.05 bits per heavy atom. The van der Waals surface area contributed by atoms with Crippen molar-refractivity contribution < 1.29 is 9.53 Å². The van der Waals surface area contributed by atoms with Crippen molar-refractivity contribution in [3.05, 3.63) is 29.8 Å². The van der Waals surface area contributed by atoms with Crippen LogP contribution < -0.4 is 21.1 Å². The fraction of sp³-hybridized carbons (Fsp3) is 0.467. The molecule has 4 N–H and O–H groups in total. The Kier molecular flexibility index (Phi) is 7.08. The molecule has 0 heterocycles. The number of carbonyl (C=O) groups excluding carboxylic acids is 1. The van der Waals surface area contributed by atoms with E-state index in [-0.39, 0.29) is 5.91 Å². The van der Waals surface area contributed by atoms with Crippen LogP contribution in [0.5, 0.6) is 5.75 Å². The number of nitrogens with zero attached hydrogens (tertiary/aromatic N) is 1. The van der Waals surface area contributed by atoms with Crippen molar-refractivity contribution in [1.29, 1.82) is 0 Å². The van der Waals surface area contributed by atoms with Crippen molar-refractivity contribution in [2.75, 3.05) is 26.7 Å². The average molecular weight is 292 g/mol. The summed E-state index contributed by atoms with van der Waals surface area (Å²) in [5.74, 6) is 1.39. The topological polar surface area (TPSA) is 88.7 Å². The van der Waals surface area contributed by atoms with E-state index in [1.807, 2.05) is 0 Å². The second-order valence-corrected chi connectivity index (χ2v) is 5.03. The number of methoxy groups -OCH3 is 1. The predicted molar refractivity (Wildman–Crippen MR) is 84.7 cm³/mol. The van der Waals surface area contributed by atoms with E-state index in [0.29, 0.717) is 42.8 Å². The summed E-state index contributed by atoms with van der Waals surface area (Å²) < 4.78 is 5.08. The fourth-order valence-corrected chi connectivity index (χ4v) is 1.57. The van der Waals surface area contributed by atoms with Crippen LogP contribution in [0.25, 0.3) is 0 Å². The number of hydrogen-bond acceptors (Lipinski definition) is 3. The number of hydrogen-bond donors (Lipinski definition) is 3. The monoisotopic (exact) mass is 292 g/mol. The number of carbonyl (C=O) groups is 1. The summed E-state index contributed by atoms with van der Waals surface area (Å²) in [6, 6.07) is 7.01. The van der Waals surface area contributed by atoms with E-state index < -0.39 is 0 Å². The summed E-state index contributed by atoms with van der Waals surface area (Å²) in [5.41, 5.74) is 6.26. The largest absolute Gasteiger partial charge is 0.497 e. The molecule has 0 aromatic heterocycles. The van der Waals surface area contributed by atoms with Gasteiger partial charge >= 0.3 is 0 Å². The van der Waals surface area contributed by atoms with Gasteiger partial charge in [-0.25, -0.2) is 0 Å². The van der Waals surface area contributed by atoms with Gasteiger partial charge in [0.25, 0.3) is 5.91 Å². The minimum Gasteiger partial charge on any atom is -0.497 e. The number of nitrogens with two attached hydrogens (primary N) is 1. The standard InChI is InChI=1S/C15H24N4O2/c1-11(2)10-19-15(16)18-8-7-17-14(20)12-5-4-6-13(9-12)21-3/h4-6,9,11H,7-8,10H2,1-3H3,(H,17,20)(H3,16,18,19). The number of rotatable bonds is 7. The summed E-state index contributed by atoms with van der Waals surface area (Å²) in [6.07, 6.45) is 0. The van der Waals surface area contributed by atoms with Gasteiger partial charge in [0.2, 0.25) is 0 Å². The molecule has 0 saturated heterocycles. The first-order valence-electron chi connectivity index (χ1n) is 6.99. The van der Waals surface area contributed by atoms with Gasteiger partial charge in [-0.1, -0.05) is 19.9 Å². The zero-order valence-corrected chi connectivity index (χ0v) is 12.8. The third kappa shape index (κ3) is 6.65. The van der Waals surface area contributed by atoms with Gasteiger partial charge in [0.1, 0.15) is 5.75 Å². The van der Waals surface area contributed by atoms with Crippen molar-refractivity contribution in [3.63, 3.8) is 0 Å². The van der Waals surface area contributed by atoms with Crippen molar-refractivity contribution >= 4 is 11.9 Å². The Balaban J connectivity index is 2.32. The van der Waals surface area contributed by atoms with Crippen molar-refractivity contribution in [1.82, 2.24) is 10.6 Å². The molecule has 1 aromatic rings. The van der Waals surface area contributed by atoms with E-state index in [2.05, 4.69) is 29.5 Å². The normalized spacial score (nSPS) is 11.3. The highest BCUT2D eigenvalue weighted by molar-refractivity contribution is 5.94. The Hall–Kier alpha value is -2.24. The second-order valence-electron chi connectivity index (χ2n) is 5.03. The van der Waals surface area contributed by atoms with Crippen LogP contribution in [0.2, 0.25) is 0 Å². The Labute approximate surface area is 125 Å². The maximum absolute atomic E-state index is 11.9. The van der Waals surface area contributed by atoms with Gasteiger partial charge in [-0.2, -0.15) is 0 Å². The first-order chi connectivity index (χ1) is 10.0. The van der Waals surface area contributed by atoms with E-state index in [4.69, 9.17) is 10.5 Å². The zero-order chi connectivity index (χ0) is 15.7. The summed E-state index contributed by atoms with van der Waals surface area (Å²) in [6.45, 7) is 5.84. The highest BCUT2D eigenvalue weighted by atomic mass is 16.5. The highest BCUT2D eigenvalue weighted by Crippen LogP contribution is 2.11. The van der Waals surface area contributed by atoms with Gasteiger partial charge < -0.3 is 21.1 Å². The molecule has 0 aliphatic carbocycles. The molecular formula is C15H24N4O2. The Bertz CT molecular complexity index is 486. The second kappa shape index (κ2) is 8.84. The molecule has 0 atom stereocenters. The van der Waals surface area contributed by atoms with Gasteiger partial charge in [-0.15, -0.1) is 0 Å². The first-order valence-corrected chi connectivity index (χ1v) is 6.99. The number of aliphatic imine (C=N–C) groups is 1. The predicted octanol–water partition coefficient (Wildman–Crippen LogP) is 0.985. The maximum atomic E-state index is 11.9. The molecule has 0 radical (unpaired) electrons. The van der Waals surface area contributed by atoms with Gasteiger partial charge in [0.05, 0.1) is 7.11 Å². The molecule has 6 nitrogen and oxygen atoms in total. The van der Waals surface area contributed by atoms with Gasteiger partial charge in [-0.05, 0) is 24.1 Å². The third-order valence-electron chi connectivity index (χ3n) is 2.68. The summed E-state index contributed by atoms with van der Waals surface area (Å²) in [7, 11) is 1.57. The molecule has 0 fully saturated rings. The Morgan fingerprint density at radius 1 is 1.33 bits per heavy atom. The Morgan fingerprint density at radius 3 is 2.71 bits per heavy atom. The molecular weight excluding hydrogens is 268 g/mol. The quantitative estimate of drug-likeness (QED) is 0.397. The minimum atomic E-state index is -0.145. The molecule has 6 heteroatoms. The van der Waals surface area contributed by atoms with Crippen molar-refractivity contribution in [2.45, 2.75) is 13.8 Å². The summed E-state index contributed by atoms with van der Waals surface area (Å²) >= 11 is 0. The molecule has 0 unspecified atom stereocenters. The van der Waals surface area contributed by atoms with Crippen LogP contribution in [0.15, 0.2) is 29.3 Å². The summed E-state index contributed by atoms with van der Waals surface area (Å²) in [4.78, 5) is 16.1. The molecule has 0 bridgehead atoms.